The van der Waals surface area contributed by atoms with Gasteiger partial charge in [-0.1, -0.05) is 158 Å². The van der Waals surface area contributed by atoms with Gasteiger partial charge in [-0.15, -0.1) is 0 Å². The van der Waals surface area contributed by atoms with Crippen LogP contribution in [0.4, 0.5) is 34.1 Å². The van der Waals surface area contributed by atoms with Crippen molar-refractivity contribution in [2.24, 2.45) is 0 Å². The summed E-state index contributed by atoms with van der Waals surface area (Å²) in [7, 11) is 0. The van der Waals surface area contributed by atoms with Crippen LogP contribution in [0.3, 0.4) is 0 Å². The van der Waals surface area contributed by atoms with E-state index in [1.807, 2.05) is 84.9 Å². The molecule has 0 bridgehead atoms. The Balaban J connectivity index is 1.13. The highest BCUT2D eigenvalue weighted by Crippen LogP contribution is 2.67. The van der Waals surface area contributed by atoms with Gasteiger partial charge in [-0.25, -0.2) is 0 Å². The van der Waals surface area contributed by atoms with Gasteiger partial charge in [-0.05, 0) is 150 Å². The lowest BCUT2D eigenvalue weighted by atomic mass is 9.68. The van der Waals surface area contributed by atoms with Gasteiger partial charge in [0.25, 0.3) is 0 Å². The topological polar surface area (TPSA) is 54.1 Å². The predicted octanol–water partition coefficient (Wildman–Crippen LogP) is 16.2. The Morgan fingerprint density at radius 1 is 0.328 bits per heavy atom. The number of hydrogen-bond donors (Lipinski definition) is 0. The molecule has 0 N–H and O–H groups in total. The van der Waals surface area contributed by atoms with Crippen LogP contribution in [0.25, 0.3) is 54.6 Å². The van der Waals surface area contributed by atoms with Crippen LogP contribution in [0.5, 0.6) is 0 Å². The second-order valence-corrected chi connectivity index (χ2v) is 17.4. The number of benzene rings is 11. The van der Waals surface area contributed by atoms with Crippen LogP contribution in [-0.4, -0.2) is 0 Å². The van der Waals surface area contributed by atoms with Crippen molar-refractivity contribution < 1.29 is 0 Å². The molecule has 13 rings (SSSR count). The van der Waals surface area contributed by atoms with Crippen LogP contribution in [-0.2, 0) is 5.41 Å². The van der Waals surface area contributed by atoms with Crippen molar-refractivity contribution in [2.75, 3.05) is 9.80 Å². The summed E-state index contributed by atoms with van der Waals surface area (Å²) in [5, 5.41) is 27.7. The van der Waals surface area contributed by atoms with E-state index >= 15 is 0 Å². The van der Waals surface area contributed by atoms with Crippen molar-refractivity contribution in [2.45, 2.75) is 5.41 Å². The molecule has 2 aliphatic rings. The van der Waals surface area contributed by atoms with Gasteiger partial charge in [-0.2, -0.15) is 10.5 Å². The summed E-state index contributed by atoms with van der Waals surface area (Å²) < 4.78 is 0. The minimum absolute atomic E-state index is 0.607. The van der Waals surface area contributed by atoms with Crippen molar-refractivity contribution >= 4 is 66.4 Å². The molecule has 0 aromatic heterocycles. The largest absolute Gasteiger partial charge is 0.309 e. The first-order valence-electron chi connectivity index (χ1n) is 22.6. The molecule has 0 atom stereocenters. The molecule has 67 heavy (non-hydrogen) atoms. The summed E-state index contributed by atoms with van der Waals surface area (Å²) in [5.74, 6) is 0. The summed E-state index contributed by atoms with van der Waals surface area (Å²) in [6.07, 6.45) is 0. The van der Waals surface area contributed by atoms with Crippen molar-refractivity contribution in [3.63, 3.8) is 0 Å². The number of rotatable bonds is 6. The zero-order valence-electron chi connectivity index (χ0n) is 36.2. The van der Waals surface area contributed by atoms with Crippen LogP contribution in [0.15, 0.2) is 231 Å². The molecule has 0 aliphatic heterocycles. The zero-order chi connectivity index (χ0) is 44.6. The number of fused-ring (bicyclic) bond motifs is 17. The van der Waals surface area contributed by atoms with Crippen LogP contribution < -0.4 is 9.80 Å². The molecule has 0 saturated carbocycles. The quantitative estimate of drug-likeness (QED) is 0.156. The third-order valence-electron chi connectivity index (χ3n) is 14.1. The Labute approximate surface area is 388 Å². The lowest BCUT2D eigenvalue weighted by molar-refractivity contribution is 0.809. The standard InChI is InChI=1S/C63H38N4/c64-39-42-17-7-15-29-58(42)66(44-19-3-1-4-20-44)46-32-35-48-41(37-46)31-34-54-60-52-26-10-9-23-49(52)55-38-47(67(45-21-5-2-6-22-45)59-30-16-8-18-43(59)40-65)33-36-53(55)62(60)63(61(48)54)56-27-13-11-24-50(56)51-25-12-14-28-57(51)63/h1-38H. The number of anilines is 6. The highest BCUT2D eigenvalue weighted by molar-refractivity contribution is 6.22. The van der Waals surface area contributed by atoms with Gasteiger partial charge in [-0.3, -0.25) is 0 Å². The fourth-order valence-corrected chi connectivity index (χ4v) is 11.5. The van der Waals surface area contributed by atoms with E-state index in [4.69, 9.17) is 0 Å². The second kappa shape index (κ2) is 14.9. The van der Waals surface area contributed by atoms with Crippen molar-refractivity contribution in [3.8, 4) is 34.4 Å². The van der Waals surface area contributed by atoms with Crippen molar-refractivity contribution in [1.82, 2.24) is 0 Å². The monoisotopic (exact) mass is 850 g/mol. The van der Waals surface area contributed by atoms with Crippen molar-refractivity contribution in [3.05, 3.63) is 264 Å². The fourth-order valence-electron chi connectivity index (χ4n) is 11.5. The molecule has 1 spiro atoms. The number of nitriles is 2. The lowest BCUT2D eigenvalue weighted by Gasteiger charge is -2.33. The first-order valence-corrected chi connectivity index (χ1v) is 22.6. The smallest absolute Gasteiger partial charge is 0.101 e. The maximum absolute atomic E-state index is 10.4. The van der Waals surface area contributed by atoms with E-state index in [-0.39, 0.29) is 0 Å². The SMILES string of the molecule is N#Cc1ccccc1N(c1ccccc1)c1ccc2c3c(ccc2c1)-c1c(c2ccc(N(c4ccccc4)c4ccccc4C#N)cc2c2ccccc12)C31c2ccccc2-c2ccccc21. The van der Waals surface area contributed by atoms with Gasteiger partial charge in [0.05, 0.1) is 27.9 Å². The van der Waals surface area contributed by atoms with E-state index < -0.39 is 5.41 Å². The van der Waals surface area contributed by atoms with E-state index in [1.54, 1.807) is 0 Å². The average molecular weight is 851 g/mol. The molecule has 0 unspecified atom stereocenters. The average Bonchev–Trinajstić information content (AvgIpc) is 3.88. The summed E-state index contributed by atoms with van der Waals surface area (Å²) in [6.45, 7) is 0. The molecule has 11 aromatic rings. The maximum Gasteiger partial charge on any atom is 0.101 e. The summed E-state index contributed by atoms with van der Waals surface area (Å²) in [5.41, 5.74) is 16.2. The molecule has 11 aromatic carbocycles. The molecule has 4 nitrogen and oxygen atoms in total. The van der Waals surface area contributed by atoms with Crippen molar-refractivity contribution in [1.29, 1.82) is 10.5 Å². The first-order chi connectivity index (χ1) is 33.2. The Hall–Kier alpha value is -9.22. The molecule has 0 fully saturated rings. The number of hydrogen-bond acceptors (Lipinski definition) is 4. The Kier molecular flexibility index (Phi) is 8.52. The van der Waals surface area contributed by atoms with E-state index in [1.165, 1.54) is 66.1 Å². The molecule has 4 heteroatoms. The normalized spacial score (nSPS) is 12.6. The highest BCUT2D eigenvalue weighted by Gasteiger charge is 2.53. The van der Waals surface area contributed by atoms with Crippen LogP contribution in [0, 0.1) is 22.7 Å². The Bertz CT molecular complexity index is 3870. The summed E-state index contributed by atoms with van der Waals surface area (Å²) >= 11 is 0. The zero-order valence-corrected chi connectivity index (χ0v) is 36.2. The number of para-hydroxylation sites is 4. The minimum Gasteiger partial charge on any atom is -0.309 e. The van der Waals surface area contributed by atoms with Gasteiger partial charge in [0.2, 0.25) is 0 Å². The molecule has 0 amide bonds. The minimum atomic E-state index is -0.665. The predicted molar refractivity (Wildman–Crippen MR) is 274 cm³/mol. The third kappa shape index (κ3) is 5.45. The highest BCUT2D eigenvalue weighted by atomic mass is 15.1. The Morgan fingerprint density at radius 3 is 1.42 bits per heavy atom. The Morgan fingerprint density at radius 2 is 0.821 bits per heavy atom. The summed E-state index contributed by atoms with van der Waals surface area (Å²) in [4.78, 5) is 4.41. The van der Waals surface area contributed by atoms with E-state index in [2.05, 4.69) is 168 Å². The molecule has 310 valence electrons. The van der Waals surface area contributed by atoms with Gasteiger partial charge >= 0.3 is 0 Å². The van der Waals surface area contributed by atoms with Gasteiger partial charge in [0.1, 0.15) is 12.1 Å². The van der Waals surface area contributed by atoms with Crippen LogP contribution in [0.1, 0.15) is 33.4 Å². The molecule has 0 heterocycles. The third-order valence-corrected chi connectivity index (χ3v) is 14.1. The molecule has 0 radical (unpaired) electrons. The maximum atomic E-state index is 10.4. The van der Waals surface area contributed by atoms with Gasteiger partial charge < -0.3 is 9.80 Å². The molecule has 0 saturated heterocycles. The van der Waals surface area contributed by atoms with Crippen LogP contribution >= 0.6 is 0 Å². The van der Waals surface area contributed by atoms with E-state index in [0.29, 0.717) is 11.1 Å². The summed E-state index contributed by atoms with van der Waals surface area (Å²) in [6, 6.07) is 86.6. The molecular formula is C63H38N4. The molecule has 2 aliphatic carbocycles. The van der Waals surface area contributed by atoms with Gasteiger partial charge in [0.15, 0.2) is 0 Å². The lowest BCUT2D eigenvalue weighted by Crippen LogP contribution is -2.26. The van der Waals surface area contributed by atoms with Crippen LogP contribution in [0.2, 0.25) is 0 Å². The van der Waals surface area contributed by atoms with Gasteiger partial charge in [0, 0.05) is 22.7 Å². The first kappa shape index (κ1) is 38.3. The molecular weight excluding hydrogens is 813 g/mol. The second-order valence-electron chi connectivity index (χ2n) is 17.4. The number of nitrogens with zero attached hydrogens (tertiary/aromatic N) is 4. The fraction of sp³-hybridized carbons (Fsp3) is 0.0159. The van der Waals surface area contributed by atoms with E-state index in [0.717, 1.165) is 44.9 Å². The van der Waals surface area contributed by atoms with E-state index in [9.17, 15) is 10.5 Å².